The van der Waals surface area contributed by atoms with Crippen LogP contribution in [0.5, 0.6) is 0 Å². The molecule has 1 aromatic carbocycles. The summed E-state index contributed by atoms with van der Waals surface area (Å²) < 4.78 is 28.5. The number of rotatable bonds is 2. The van der Waals surface area contributed by atoms with Gasteiger partial charge in [0.05, 0.1) is 5.69 Å². The molecule has 0 aliphatic heterocycles. The summed E-state index contributed by atoms with van der Waals surface area (Å²) in [7, 11) is 0. The van der Waals surface area contributed by atoms with Crippen LogP contribution in [-0.2, 0) is 5.33 Å². The lowest BCUT2D eigenvalue weighted by molar-refractivity contribution is 0.557. The highest BCUT2D eigenvalue weighted by Crippen LogP contribution is 2.20. The van der Waals surface area contributed by atoms with E-state index < -0.39 is 11.6 Å². The van der Waals surface area contributed by atoms with Crippen LogP contribution in [0.1, 0.15) is 11.3 Å². The van der Waals surface area contributed by atoms with Gasteiger partial charge in [-0.2, -0.15) is 5.10 Å². The molecule has 0 atom stereocenters. The van der Waals surface area contributed by atoms with E-state index in [1.165, 1.54) is 23.0 Å². The van der Waals surface area contributed by atoms with Crippen molar-refractivity contribution in [3.63, 3.8) is 0 Å². The van der Waals surface area contributed by atoms with Crippen molar-refractivity contribution >= 4 is 15.9 Å². The normalized spacial score (nSPS) is 10.8. The molecule has 0 aliphatic rings. The first-order chi connectivity index (χ1) is 7.61. The molecule has 5 heteroatoms. The van der Waals surface area contributed by atoms with Gasteiger partial charge in [0.2, 0.25) is 0 Å². The number of alkyl halides is 1. The SMILES string of the molecule is Cc1ccn(-c2c(F)cc(CBr)cc2F)n1. The summed E-state index contributed by atoms with van der Waals surface area (Å²) in [4.78, 5) is 0. The minimum absolute atomic E-state index is 0.141. The molecule has 0 N–H and O–H groups in total. The van der Waals surface area contributed by atoms with E-state index in [2.05, 4.69) is 21.0 Å². The van der Waals surface area contributed by atoms with Crippen molar-refractivity contribution in [3.8, 4) is 5.69 Å². The van der Waals surface area contributed by atoms with E-state index in [-0.39, 0.29) is 5.69 Å². The number of aromatic nitrogens is 2. The van der Waals surface area contributed by atoms with Crippen LogP contribution in [0.4, 0.5) is 8.78 Å². The molecule has 16 heavy (non-hydrogen) atoms. The van der Waals surface area contributed by atoms with Gasteiger partial charge in [0.1, 0.15) is 5.69 Å². The quantitative estimate of drug-likeness (QED) is 0.774. The zero-order valence-corrected chi connectivity index (χ0v) is 10.1. The zero-order valence-electron chi connectivity index (χ0n) is 8.54. The molecule has 0 unspecified atom stereocenters. The van der Waals surface area contributed by atoms with Gasteiger partial charge in [0.15, 0.2) is 11.6 Å². The first-order valence-electron chi connectivity index (χ1n) is 4.68. The molecule has 2 aromatic rings. The molecule has 0 radical (unpaired) electrons. The maximum atomic E-state index is 13.7. The van der Waals surface area contributed by atoms with Crippen molar-refractivity contribution in [2.75, 3.05) is 0 Å². The smallest absolute Gasteiger partial charge is 0.152 e. The van der Waals surface area contributed by atoms with Gasteiger partial charge in [0, 0.05) is 11.5 Å². The van der Waals surface area contributed by atoms with Gasteiger partial charge in [-0.25, -0.2) is 13.5 Å². The van der Waals surface area contributed by atoms with Gasteiger partial charge >= 0.3 is 0 Å². The molecule has 1 heterocycles. The molecule has 0 spiro atoms. The fourth-order valence-corrected chi connectivity index (χ4v) is 1.78. The van der Waals surface area contributed by atoms with E-state index in [0.29, 0.717) is 16.6 Å². The molecule has 0 aliphatic carbocycles. The Hall–Kier alpha value is -1.23. The lowest BCUT2D eigenvalue weighted by Crippen LogP contribution is -2.03. The number of hydrogen-bond acceptors (Lipinski definition) is 1. The van der Waals surface area contributed by atoms with Gasteiger partial charge < -0.3 is 0 Å². The van der Waals surface area contributed by atoms with Crippen LogP contribution in [0.25, 0.3) is 5.69 Å². The van der Waals surface area contributed by atoms with Crippen LogP contribution in [0, 0.1) is 18.6 Å². The Kier molecular flexibility index (Phi) is 3.05. The van der Waals surface area contributed by atoms with Crippen molar-refractivity contribution in [2.24, 2.45) is 0 Å². The minimum atomic E-state index is -0.613. The Morgan fingerprint density at radius 2 is 1.94 bits per heavy atom. The fraction of sp³-hybridized carbons (Fsp3) is 0.182. The first-order valence-corrected chi connectivity index (χ1v) is 5.80. The average molecular weight is 287 g/mol. The second-order valence-electron chi connectivity index (χ2n) is 3.44. The molecule has 0 saturated carbocycles. The van der Waals surface area contributed by atoms with Crippen molar-refractivity contribution < 1.29 is 8.78 Å². The van der Waals surface area contributed by atoms with E-state index in [9.17, 15) is 8.78 Å². The summed E-state index contributed by atoms with van der Waals surface area (Å²) in [5.41, 5.74) is 1.13. The highest BCUT2D eigenvalue weighted by Gasteiger charge is 2.13. The Morgan fingerprint density at radius 3 is 2.38 bits per heavy atom. The monoisotopic (exact) mass is 286 g/mol. The molecular formula is C11H9BrF2N2. The summed E-state index contributed by atoms with van der Waals surface area (Å²) in [6.07, 6.45) is 1.53. The molecule has 0 saturated heterocycles. The molecule has 1 aromatic heterocycles. The van der Waals surface area contributed by atoms with Crippen LogP contribution in [0.15, 0.2) is 24.4 Å². The highest BCUT2D eigenvalue weighted by molar-refractivity contribution is 9.08. The van der Waals surface area contributed by atoms with E-state index in [4.69, 9.17) is 0 Å². The van der Waals surface area contributed by atoms with Gasteiger partial charge in [-0.15, -0.1) is 0 Å². The van der Waals surface area contributed by atoms with E-state index in [0.717, 1.165) is 0 Å². The second-order valence-corrected chi connectivity index (χ2v) is 4.00. The molecule has 0 bridgehead atoms. The Labute approximate surface area is 100 Å². The maximum absolute atomic E-state index is 13.7. The van der Waals surface area contributed by atoms with Gasteiger partial charge in [-0.05, 0) is 30.7 Å². The number of nitrogens with zero attached hydrogens (tertiary/aromatic N) is 2. The van der Waals surface area contributed by atoms with E-state index >= 15 is 0 Å². The van der Waals surface area contributed by atoms with Crippen LogP contribution in [-0.4, -0.2) is 9.78 Å². The highest BCUT2D eigenvalue weighted by atomic mass is 79.9. The number of halogens is 3. The fourth-order valence-electron chi connectivity index (χ4n) is 1.45. The molecule has 0 fully saturated rings. The molecule has 0 amide bonds. The average Bonchev–Trinajstić information content (AvgIpc) is 2.63. The number of aryl methyl sites for hydroxylation is 1. The second kappa shape index (κ2) is 4.33. The largest absolute Gasteiger partial charge is 0.235 e. The van der Waals surface area contributed by atoms with Gasteiger partial charge in [-0.1, -0.05) is 15.9 Å². The van der Waals surface area contributed by atoms with Gasteiger partial charge in [-0.3, -0.25) is 0 Å². The number of benzene rings is 1. The third kappa shape index (κ3) is 2.00. The first kappa shape index (κ1) is 11.3. The topological polar surface area (TPSA) is 17.8 Å². The predicted molar refractivity (Wildman–Crippen MR) is 60.8 cm³/mol. The third-order valence-corrected chi connectivity index (χ3v) is 2.83. The summed E-state index contributed by atoms with van der Waals surface area (Å²) in [6.45, 7) is 1.76. The number of hydrogen-bond donors (Lipinski definition) is 0. The van der Waals surface area contributed by atoms with Crippen LogP contribution in [0.2, 0.25) is 0 Å². The lowest BCUT2D eigenvalue weighted by atomic mass is 10.2. The van der Waals surface area contributed by atoms with Crippen molar-refractivity contribution in [2.45, 2.75) is 12.3 Å². The molecule has 2 nitrogen and oxygen atoms in total. The molecule has 84 valence electrons. The predicted octanol–water partition coefficient (Wildman–Crippen LogP) is 3.35. The van der Waals surface area contributed by atoms with Crippen LogP contribution in [0.3, 0.4) is 0 Å². The third-order valence-electron chi connectivity index (χ3n) is 2.18. The van der Waals surface area contributed by atoms with E-state index in [1.54, 1.807) is 13.0 Å². The van der Waals surface area contributed by atoms with Gasteiger partial charge in [0.25, 0.3) is 0 Å². The maximum Gasteiger partial charge on any atom is 0.152 e. The minimum Gasteiger partial charge on any atom is -0.235 e. The van der Waals surface area contributed by atoms with Crippen LogP contribution < -0.4 is 0 Å². The Balaban J connectivity index is 2.57. The Bertz CT molecular complexity index is 499. The van der Waals surface area contributed by atoms with Crippen molar-refractivity contribution in [3.05, 3.63) is 47.3 Å². The van der Waals surface area contributed by atoms with Crippen LogP contribution >= 0.6 is 15.9 Å². The summed E-state index contributed by atoms with van der Waals surface area (Å²) >= 11 is 3.15. The zero-order chi connectivity index (χ0) is 11.7. The van der Waals surface area contributed by atoms with Crippen molar-refractivity contribution in [1.82, 2.24) is 9.78 Å². The standard InChI is InChI=1S/C11H9BrF2N2/c1-7-2-3-16(15-7)11-9(13)4-8(6-12)5-10(11)14/h2-5H,6H2,1H3. The van der Waals surface area contributed by atoms with Crippen molar-refractivity contribution in [1.29, 1.82) is 0 Å². The Morgan fingerprint density at radius 1 is 1.31 bits per heavy atom. The summed E-state index contributed by atoms with van der Waals surface area (Å²) in [5.74, 6) is -1.23. The molecular weight excluding hydrogens is 278 g/mol. The molecule has 2 rings (SSSR count). The van der Waals surface area contributed by atoms with E-state index in [1.807, 2.05) is 0 Å². The summed E-state index contributed by atoms with van der Waals surface area (Å²) in [5, 5.41) is 4.40. The summed E-state index contributed by atoms with van der Waals surface area (Å²) in [6, 6.07) is 4.28. The lowest BCUT2D eigenvalue weighted by Gasteiger charge is -2.06.